The first kappa shape index (κ1) is 17.5. The summed E-state index contributed by atoms with van der Waals surface area (Å²) >= 11 is 1.14. The van der Waals surface area contributed by atoms with E-state index in [1.807, 2.05) is 18.2 Å². The van der Waals surface area contributed by atoms with Crippen LogP contribution in [0.25, 0.3) is 0 Å². The van der Waals surface area contributed by atoms with Crippen molar-refractivity contribution in [3.8, 4) is 5.75 Å². The van der Waals surface area contributed by atoms with Gasteiger partial charge < -0.3 is 10.1 Å². The minimum absolute atomic E-state index is 0.0851. The monoisotopic (exact) mass is 354 g/mol. The fourth-order valence-corrected chi connectivity index (χ4v) is 4.14. The van der Waals surface area contributed by atoms with Crippen molar-refractivity contribution in [2.24, 2.45) is 0 Å². The van der Waals surface area contributed by atoms with Gasteiger partial charge in [0, 0.05) is 19.0 Å². The number of hydrogen-bond acceptors (Lipinski definition) is 5. The average Bonchev–Trinajstić information content (AvgIpc) is 3.01. The summed E-state index contributed by atoms with van der Waals surface area (Å²) in [4.78, 5) is 12.5. The van der Waals surface area contributed by atoms with Crippen molar-refractivity contribution in [3.63, 3.8) is 0 Å². The molecule has 0 aliphatic carbocycles. The van der Waals surface area contributed by atoms with E-state index in [-0.39, 0.29) is 23.3 Å². The Kier molecular flexibility index (Phi) is 5.75. The highest BCUT2D eigenvalue weighted by Crippen LogP contribution is 2.23. The Labute approximate surface area is 139 Å². The minimum Gasteiger partial charge on any atom is -0.484 e. The van der Waals surface area contributed by atoms with Crippen LogP contribution in [0.2, 0.25) is 0 Å². The lowest BCUT2D eigenvalue weighted by Crippen LogP contribution is -2.28. The van der Waals surface area contributed by atoms with E-state index in [0.717, 1.165) is 20.5 Å². The van der Waals surface area contributed by atoms with Crippen molar-refractivity contribution in [3.05, 3.63) is 47.3 Å². The maximum atomic E-state index is 12.0. The zero-order valence-corrected chi connectivity index (χ0v) is 14.5. The Morgan fingerprint density at radius 3 is 2.52 bits per heavy atom. The molecule has 1 aromatic carbocycles. The van der Waals surface area contributed by atoms with Crippen LogP contribution in [0.1, 0.15) is 4.88 Å². The van der Waals surface area contributed by atoms with Crippen LogP contribution in [0.5, 0.6) is 5.75 Å². The molecule has 2 rings (SSSR count). The number of benzene rings is 1. The Hall–Kier alpha value is -1.90. The maximum Gasteiger partial charge on any atom is 0.258 e. The summed E-state index contributed by atoms with van der Waals surface area (Å²) in [6.45, 7) is 0.183. The van der Waals surface area contributed by atoms with Crippen LogP contribution in [0.4, 0.5) is 0 Å². The van der Waals surface area contributed by atoms with Crippen molar-refractivity contribution < 1.29 is 17.9 Å². The molecule has 0 atom stereocenters. The van der Waals surface area contributed by atoms with Crippen LogP contribution in [-0.2, 0) is 21.4 Å². The summed E-state index contributed by atoms with van der Waals surface area (Å²) in [6, 6.07) is 12.3. The van der Waals surface area contributed by atoms with Gasteiger partial charge in [-0.15, -0.1) is 11.3 Å². The van der Waals surface area contributed by atoms with Gasteiger partial charge in [0.05, 0.1) is 6.54 Å². The van der Waals surface area contributed by atoms with Gasteiger partial charge in [0.25, 0.3) is 15.9 Å². The number of ether oxygens (including phenoxy) is 1. The van der Waals surface area contributed by atoms with E-state index in [2.05, 4.69) is 5.32 Å². The normalized spacial score (nSPS) is 11.4. The molecular formula is C15H18N2O4S2. The fourth-order valence-electron chi connectivity index (χ4n) is 1.67. The third-order valence-electron chi connectivity index (χ3n) is 2.94. The van der Waals surface area contributed by atoms with Crippen molar-refractivity contribution in [2.45, 2.75) is 10.8 Å². The first-order chi connectivity index (χ1) is 10.9. The molecule has 0 radical (unpaired) electrons. The molecule has 1 heterocycles. The molecule has 2 aromatic rings. The number of amides is 1. The molecule has 23 heavy (non-hydrogen) atoms. The lowest BCUT2D eigenvalue weighted by Gasteiger charge is -2.08. The topological polar surface area (TPSA) is 75.7 Å². The van der Waals surface area contributed by atoms with E-state index in [9.17, 15) is 13.2 Å². The number of sulfonamides is 1. The first-order valence-electron chi connectivity index (χ1n) is 6.85. The molecule has 6 nitrogen and oxygen atoms in total. The highest BCUT2D eigenvalue weighted by Gasteiger charge is 2.19. The molecule has 0 aliphatic heterocycles. The molecular weight excluding hydrogens is 336 g/mol. The summed E-state index contributed by atoms with van der Waals surface area (Å²) in [7, 11) is -0.459. The molecule has 0 saturated heterocycles. The lowest BCUT2D eigenvalue weighted by molar-refractivity contribution is -0.123. The highest BCUT2D eigenvalue weighted by atomic mass is 32.2. The number of nitrogens with one attached hydrogen (secondary N) is 1. The van der Waals surface area contributed by atoms with E-state index >= 15 is 0 Å². The van der Waals surface area contributed by atoms with Crippen LogP contribution in [0, 0.1) is 0 Å². The van der Waals surface area contributed by atoms with Gasteiger partial charge >= 0.3 is 0 Å². The van der Waals surface area contributed by atoms with E-state index in [4.69, 9.17) is 4.74 Å². The molecule has 1 amide bonds. The molecule has 0 spiro atoms. The number of rotatable bonds is 7. The second kappa shape index (κ2) is 7.58. The van der Waals surface area contributed by atoms with Gasteiger partial charge in [-0.2, -0.15) is 0 Å². The average molecular weight is 354 g/mol. The predicted octanol–water partition coefficient (Wildman–Crippen LogP) is 1.69. The number of carbonyl (C=O) groups is 1. The molecule has 8 heteroatoms. The Bertz CT molecular complexity index is 755. The third-order valence-corrected chi connectivity index (χ3v) is 6.31. The summed E-state index contributed by atoms with van der Waals surface area (Å²) < 4.78 is 30.7. The lowest BCUT2D eigenvalue weighted by atomic mass is 10.3. The number of thiophene rings is 1. The van der Waals surface area contributed by atoms with Gasteiger partial charge in [0.1, 0.15) is 9.96 Å². The van der Waals surface area contributed by atoms with Gasteiger partial charge in [0.15, 0.2) is 6.61 Å². The van der Waals surface area contributed by atoms with Crippen molar-refractivity contribution >= 4 is 27.3 Å². The molecule has 124 valence electrons. The van der Waals surface area contributed by atoms with Crippen LogP contribution >= 0.6 is 11.3 Å². The van der Waals surface area contributed by atoms with Gasteiger partial charge in [0.2, 0.25) is 0 Å². The Morgan fingerprint density at radius 2 is 1.87 bits per heavy atom. The highest BCUT2D eigenvalue weighted by molar-refractivity contribution is 7.91. The minimum atomic E-state index is -3.43. The molecule has 1 aromatic heterocycles. The van der Waals surface area contributed by atoms with Crippen LogP contribution < -0.4 is 10.1 Å². The third kappa shape index (κ3) is 4.78. The number of hydrogen-bond donors (Lipinski definition) is 1. The van der Waals surface area contributed by atoms with Gasteiger partial charge in [-0.1, -0.05) is 18.2 Å². The molecule has 0 aliphatic rings. The largest absolute Gasteiger partial charge is 0.484 e. The van der Waals surface area contributed by atoms with Gasteiger partial charge in [-0.25, -0.2) is 12.7 Å². The molecule has 1 N–H and O–H groups in total. The first-order valence-corrected chi connectivity index (χ1v) is 9.11. The van der Waals surface area contributed by atoms with Gasteiger partial charge in [-0.3, -0.25) is 4.79 Å². The summed E-state index contributed by atoms with van der Waals surface area (Å²) in [6.07, 6.45) is 0. The zero-order valence-electron chi connectivity index (χ0n) is 12.9. The maximum absolute atomic E-state index is 12.0. The quantitative estimate of drug-likeness (QED) is 0.821. The molecule has 0 unspecified atom stereocenters. The van der Waals surface area contributed by atoms with E-state index in [0.29, 0.717) is 5.75 Å². The Balaban J connectivity index is 1.84. The second-order valence-corrected chi connectivity index (χ2v) is 8.43. The summed E-state index contributed by atoms with van der Waals surface area (Å²) in [5, 5.41) is 2.70. The Morgan fingerprint density at radius 1 is 1.17 bits per heavy atom. The van der Waals surface area contributed by atoms with Crippen molar-refractivity contribution in [1.82, 2.24) is 9.62 Å². The van der Waals surface area contributed by atoms with Crippen LogP contribution in [0.3, 0.4) is 0 Å². The van der Waals surface area contributed by atoms with E-state index in [1.54, 1.807) is 24.3 Å². The van der Waals surface area contributed by atoms with Crippen molar-refractivity contribution in [1.29, 1.82) is 0 Å². The summed E-state index contributed by atoms with van der Waals surface area (Å²) in [5.41, 5.74) is 0. The number of nitrogens with zero attached hydrogens (tertiary/aromatic N) is 1. The number of para-hydroxylation sites is 1. The van der Waals surface area contributed by atoms with E-state index in [1.165, 1.54) is 14.1 Å². The fraction of sp³-hybridized carbons (Fsp3) is 0.267. The zero-order chi connectivity index (χ0) is 16.9. The molecule has 0 saturated carbocycles. The van der Waals surface area contributed by atoms with Crippen LogP contribution in [-0.4, -0.2) is 39.3 Å². The van der Waals surface area contributed by atoms with Gasteiger partial charge in [-0.05, 0) is 24.3 Å². The number of carbonyl (C=O) groups excluding carboxylic acids is 1. The van der Waals surface area contributed by atoms with Crippen molar-refractivity contribution in [2.75, 3.05) is 20.7 Å². The van der Waals surface area contributed by atoms with Crippen LogP contribution in [0.15, 0.2) is 46.7 Å². The summed E-state index contributed by atoms with van der Waals surface area (Å²) in [5.74, 6) is 0.359. The van der Waals surface area contributed by atoms with E-state index < -0.39 is 10.0 Å². The molecule has 0 bridgehead atoms. The smallest absolute Gasteiger partial charge is 0.258 e. The molecule has 0 fully saturated rings. The predicted molar refractivity (Wildman–Crippen MR) is 89.0 cm³/mol. The second-order valence-electron chi connectivity index (χ2n) is 4.89. The standard InChI is InChI=1S/C15H18N2O4S2/c1-17(2)23(19,20)15-9-8-13(22-15)10-16-14(18)11-21-12-6-4-3-5-7-12/h3-9H,10-11H2,1-2H3,(H,16,18). The SMILES string of the molecule is CN(C)S(=O)(=O)c1ccc(CNC(=O)COc2ccccc2)s1.